The highest BCUT2D eigenvalue weighted by Crippen LogP contribution is 2.43. The molecule has 0 saturated heterocycles. The summed E-state index contributed by atoms with van der Waals surface area (Å²) in [5.41, 5.74) is 0. The molecule has 2 heterocycles. The first kappa shape index (κ1) is 16.5. The molecule has 1 N–H and O–H groups in total. The van der Waals surface area contributed by atoms with Crippen LogP contribution < -0.4 is 5.32 Å². The highest BCUT2D eigenvalue weighted by atomic mass is 16.2. The summed E-state index contributed by atoms with van der Waals surface area (Å²) >= 11 is 0. The summed E-state index contributed by atoms with van der Waals surface area (Å²) in [7, 11) is 1.77. The third kappa shape index (κ3) is 3.04. The number of amides is 2. The van der Waals surface area contributed by atoms with Gasteiger partial charge in [0.15, 0.2) is 5.82 Å². The van der Waals surface area contributed by atoms with Crippen LogP contribution in [-0.2, 0) is 17.9 Å². The van der Waals surface area contributed by atoms with Crippen molar-refractivity contribution < 1.29 is 9.59 Å². The molecule has 3 aliphatic rings. The molecular weight excluding hydrogens is 318 g/mol. The summed E-state index contributed by atoms with van der Waals surface area (Å²) in [6.07, 6.45) is 8.55. The van der Waals surface area contributed by atoms with Crippen molar-refractivity contribution in [1.82, 2.24) is 25.0 Å². The molecule has 1 aromatic heterocycles. The standard InChI is InChI=1S/C18H27N5O2/c1-22-9-10-23-15(20-21-16(23)18(22)25)11-19-17(24)14-8-4-6-12-5-2-3-7-13(12)14/h12-14H,2-11H2,1H3,(H,19,24). The maximum Gasteiger partial charge on any atom is 0.291 e. The van der Waals surface area contributed by atoms with Gasteiger partial charge in [-0.3, -0.25) is 9.59 Å². The van der Waals surface area contributed by atoms with Gasteiger partial charge in [0.1, 0.15) is 0 Å². The van der Waals surface area contributed by atoms with Crippen LogP contribution in [0, 0.1) is 17.8 Å². The Kier molecular flexibility index (Phi) is 4.48. The lowest BCUT2D eigenvalue weighted by Gasteiger charge is -2.40. The van der Waals surface area contributed by atoms with E-state index in [-0.39, 0.29) is 17.7 Å². The van der Waals surface area contributed by atoms with Gasteiger partial charge in [-0.2, -0.15) is 0 Å². The van der Waals surface area contributed by atoms with Gasteiger partial charge in [-0.05, 0) is 24.7 Å². The van der Waals surface area contributed by atoms with Crippen molar-refractivity contribution in [1.29, 1.82) is 0 Å². The van der Waals surface area contributed by atoms with Gasteiger partial charge in [-0.25, -0.2) is 0 Å². The van der Waals surface area contributed by atoms with E-state index < -0.39 is 0 Å². The monoisotopic (exact) mass is 345 g/mol. The summed E-state index contributed by atoms with van der Waals surface area (Å²) in [5.74, 6) is 2.57. The zero-order valence-corrected chi connectivity index (χ0v) is 14.9. The Balaban J connectivity index is 1.41. The quantitative estimate of drug-likeness (QED) is 0.902. The van der Waals surface area contributed by atoms with Crippen LogP contribution in [0.15, 0.2) is 0 Å². The van der Waals surface area contributed by atoms with E-state index >= 15 is 0 Å². The fourth-order valence-electron chi connectivity index (χ4n) is 4.94. The van der Waals surface area contributed by atoms with Crippen molar-refractivity contribution in [2.45, 2.75) is 58.0 Å². The van der Waals surface area contributed by atoms with Gasteiger partial charge in [-0.1, -0.05) is 32.1 Å². The van der Waals surface area contributed by atoms with E-state index in [0.29, 0.717) is 37.2 Å². The number of rotatable bonds is 3. The Bertz CT molecular complexity index is 668. The van der Waals surface area contributed by atoms with Crippen molar-refractivity contribution in [2.24, 2.45) is 17.8 Å². The Labute approximate surface area is 148 Å². The Morgan fingerprint density at radius 2 is 1.92 bits per heavy atom. The molecule has 7 heteroatoms. The zero-order chi connectivity index (χ0) is 17.4. The van der Waals surface area contributed by atoms with Crippen LogP contribution in [0.4, 0.5) is 0 Å². The largest absolute Gasteiger partial charge is 0.349 e. The number of hydrogen-bond acceptors (Lipinski definition) is 4. The minimum Gasteiger partial charge on any atom is -0.349 e. The van der Waals surface area contributed by atoms with Crippen molar-refractivity contribution in [3.05, 3.63) is 11.6 Å². The molecule has 4 rings (SSSR count). The van der Waals surface area contributed by atoms with Crippen LogP contribution in [0.3, 0.4) is 0 Å². The highest BCUT2D eigenvalue weighted by Gasteiger charge is 2.38. The third-order valence-electron chi connectivity index (χ3n) is 6.36. The fourth-order valence-corrected chi connectivity index (χ4v) is 4.94. The van der Waals surface area contributed by atoms with Gasteiger partial charge in [-0.15, -0.1) is 10.2 Å². The van der Waals surface area contributed by atoms with Gasteiger partial charge in [0.05, 0.1) is 6.54 Å². The Morgan fingerprint density at radius 3 is 2.80 bits per heavy atom. The second kappa shape index (κ2) is 6.77. The van der Waals surface area contributed by atoms with Gasteiger partial charge >= 0.3 is 0 Å². The van der Waals surface area contributed by atoms with E-state index in [9.17, 15) is 9.59 Å². The molecule has 0 aromatic carbocycles. The highest BCUT2D eigenvalue weighted by molar-refractivity contribution is 5.91. The summed E-state index contributed by atoms with van der Waals surface area (Å²) in [4.78, 5) is 26.5. The minimum absolute atomic E-state index is 0.103. The third-order valence-corrected chi connectivity index (χ3v) is 6.36. The maximum absolute atomic E-state index is 12.8. The number of likely N-dealkylation sites (N-methyl/N-ethyl adjacent to an activating group) is 1. The zero-order valence-electron chi connectivity index (χ0n) is 14.9. The summed E-state index contributed by atoms with van der Waals surface area (Å²) in [6, 6.07) is 0. The van der Waals surface area contributed by atoms with Crippen LogP contribution in [0.2, 0.25) is 0 Å². The smallest absolute Gasteiger partial charge is 0.291 e. The molecule has 0 radical (unpaired) electrons. The molecule has 3 atom stereocenters. The first-order chi connectivity index (χ1) is 12.1. The lowest BCUT2D eigenvalue weighted by molar-refractivity contribution is -0.129. The van der Waals surface area contributed by atoms with Crippen LogP contribution in [0.1, 0.15) is 61.4 Å². The Morgan fingerprint density at radius 1 is 1.12 bits per heavy atom. The van der Waals surface area contributed by atoms with Crippen molar-refractivity contribution in [2.75, 3.05) is 13.6 Å². The predicted molar refractivity (Wildman–Crippen MR) is 91.6 cm³/mol. The number of nitrogens with zero attached hydrogens (tertiary/aromatic N) is 4. The molecule has 0 spiro atoms. The molecule has 25 heavy (non-hydrogen) atoms. The number of carbonyl (C=O) groups excluding carboxylic acids is 2. The van der Waals surface area contributed by atoms with Gasteiger partial charge in [0.25, 0.3) is 5.91 Å². The first-order valence-electron chi connectivity index (χ1n) is 9.60. The predicted octanol–water partition coefficient (Wildman–Crippen LogP) is 1.59. The Hall–Kier alpha value is -1.92. The van der Waals surface area contributed by atoms with Gasteiger partial charge in [0, 0.05) is 26.1 Å². The number of carbonyl (C=O) groups is 2. The molecule has 136 valence electrons. The van der Waals surface area contributed by atoms with Crippen molar-refractivity contribution in [3.8, 4) is 0 Å². The van der Waals surface area contributed by atoms with Crippen molar-refractivity contribution in [3.63, 3.8) is 0 Å². The SMILES string of the molecule is CN1CCn2c(CNC(=O)C3CCCC4CCCCC43)nnc2C1=O. The second-order valence-corrected chi connectivity index (χ2v) is 7.78. The lowest BCUT2D eigenvalue weighted by atomic mass is 9.65. The molecule has 1 aliphatic heterocycles. The number of nitrogens with one attached hydrogen (secondary N) is 1. The second-order valence-electron chi connectivity index (χ2n) is 7.78. The minimum atomic E-state index is -0.103. The molecule has 7 nitrogen and oxygen atoms in total. The van der Waals surface area contributed by atoms with Gasteiger partial charge in [0.2, 0.25) is 11.7 Å². The van der Waals surface area contributed by atoms with E-state index in [1.54, 1.807) is 11.9 Å². The van der Waals surface area contributed by atoms with Crippen LogP contribution in [-0.4, -0.2) is 45.1 Å². The lowest BCUT2D eigenvalue weighted by Crippen LogP contribution is -2.42. The van der Waals surface area contributed by atoms with Crippen LogP contribution >= 0.6 is 0 Å². The van der Waals surface area contributed by atoms with E-state index in [1.807, 2.05) is 4.57 Å². The van der Waals surface area contributed by atoms with E-state index in [0.717, 1.165) is 12.3 Å². The summed E-state index contributed by atoms with van der Waals surface area (Å²) in [6.45, 7) is 1.69. The molecule has 3 unspecified atom stereocenters. The number of aromatic nitrogens is 3. The van der Waals surface area contributed by atoms with Gasteiger partial charge < -0.3 is 14.8 Å². The molecule has 2 fully saturated rings. The van der Waals surface area contributed by atoms with E-state index in [2.05, 4.69) is 15.5 Å². The average molecular weight is 345 g/mol. The topological polar surface area (TPSA) is 80.1 Å². The van der Waals surface area contributed by atoms with Crippen LogP contribution in [0.5, 0.6) is 0 Å². The van der Waals surface area contributed by atoms with E-state index in [1.165, 1.54) is 38.5 Å². The first-order valence-corrected chi connectivity index (χ1v) is 9.60. The molecule has 2 saturated carbocycles. The molecule has 0 bridgehead atoms. The number of fused-ring (bicyclic) bond motifs is 2. The molecular formula is C18H27N5O2. The molecule has 2 aliphatic carbocycles. The fraction of sp³-hybridized carbons (Fsp3) is 0.778. The average Bonchev–Trinajstić information content (AvgIpc) is 3.06. The normalized spacial score (nSPS) is 29.1. The van der Waals surface area contributed by atoms with E-state index in [4.69, 9.17) is 0 Å². The van der Waals surface area contributed by atoms with Crippen LogP contribution in [0.25, 0.3) is 0 Å². The molecule has 2 amide bonds. The molecule has 1 aromatic rings. The maximum atomic E-state index is 12.8. The summed E-state index contributed by atoms with van der Waals surface area (Å²) in [5, 5.41) is 11.2. The van der Waals surface area contributed by atoms with Crippen molar-refractivity contribution >= 4 is 11.8 Å². The summed E-state index contributed by atoms with van der Waals surface area (Å²) < 4.78 is 1.84. The number of hydrogen-bond donors (Lipinski definition) is 1.